The van der Waals surface area contributed by atoms with Gasteiger partial charge in [-0.05, 0) is 65.8 Å². The average Bonchev–Trinajstić information content (AvgIpc) is 3.24. The van der Waals surface area contributed by atoms with Crippen molar-refractivity contribution in [3.8, 4) is 0 Å². The van der Waals surface area contributed by atoms with E-state index < -0.39 is 29.6 Å². The van der Waals surface area contributed by atoms with Gasteiger partial charge >= 0.3 is 0 Å². The molecule has 0 radical (unpaired) electrons. The summed E-state index contributed by atoms with van der Waals surface area (Å²) < 4.78 is 17.7. The zero-order valence-corrected chi connectivity index (χ0v) is 22.0. The van der Waals surface area contributed by atoms with Gasteiger partial charge in [-0.3, -0.25) is 19.3 Å². The van der Waals surface area contributed by atoms with Crippen molar-refractivity contribution < 1.29 is 18.8 Å². The van der Waals surface area contributed by atoms with E-state index in [4.69, 9.17) is 11.5 Å². The lowest BCUT2D eigenvalue weighted by molar-refractivity contribution is -0.122. The van der Waals surface area contributed by atoms with Gasteiger partial charge in [0.05, 0.1) is 5.69 Å². The first-order chi connectivity index (χ1) is 17.5. The van der Waals surface area contributed by atoms with Crippen LogP contribution in [-0.2, 0) is 4.79 Å². The van der Waals surface area contributed by atoms with E-state index >= 15 is 0 Å². The van der Waals surface area contributed by atoms with Gasteiger partial charge in [-0.25, -0.2) is 4.39 Å². The number of amides is 3. The fraction of sp³-hybridized carbons (Fsp3) is 0.308. The van der Waals surface area contributed by atoms with E-state index in [1.807, 2.05) is 45.0 Å². The van der Waals surface area contributed by atoms with Crippen molar-refractivity contribution in [2.24, 2.45) is 11.7 Å². The van der Waals surface area contributed by atoms with Crippen LogP contribution in [0.4, 0.5) is 21.5 Å². The lowest BCUT2D eigenvalue weighted by Crippen LogP contribution is -2.44. The van der Waals surface area contributed by atoms with Gasteiger partial charge in [0.25, 0.3) is 11.8 Å². The third-order valence-electron chi connectivity index (χ3n) is 5.73. The monoisotopic (exact) mass is 526 g/mol. The smallest absolute Gasteiger partial charge is 0.273 e. The number of aromatic nitrogens is 1. The third kappa shape index (κ3) is 6.42. The van der Waals surface area contributed by atoms with Crippen LogP contribution in [0.15, 0.2) is 48.5 Å². The highest BCUT2D eigenvalue weighted by Crippen LogP contribution is 2.33. The maximum absolute atomic E-state index is 13.9. The molecule has 5 N–H and O–H groups in total. The largest absolute Gasteiger partial charge is 0.395 e. The number of carbonyl (C=O) groups is 3. The van der Waals surface area contributed by atoms with Crippen LogP contribution >= 0.6 is 11.5 Å². The molecule has 9 nitrogen and oxygen atoms in total. The Balaban J connectivity index is 2.16. The van der Waals surface area contributed by atoms with Crippen LogP contribution in [-0.4, -0.2) is 42.7 Å². The first kappa shape index (κ1) is 27.6. The molecular formula is C26H31FN6O3S. The van der Waals surface area contributed by atoms with Gasteiger partial charge in [0.1, 0.15) is 16.7 Å². The van der Waals surface area contributed by atoms with Crippen molar-refractivity contribution in [3.05, 3.63) is 70.5 Å². The lowest BCUT2D eigenvalue weighted by atomic mass is 10.0. The molecule has 0 bridgehead atoms. The number of carbonyl (C=O) groups excluding carboxylic acids is 3. The van der Waals surface area contributed by atoms with E-state index in [1.165, 1.54) is 29.2 Å². The second kappa shape index (κ2) is 11.8. The number of benzene rings is 2. The van der Waals surface area contributed by atoms with E-state index in [2.05, 4.69) is 9.69 Å². The van der Waals surface area contributed by atoms with Crippen molar-refractivity contribution in [3.63, 3.8) is 0 Å². The number of nitrogens with two attached hydrogens (primary N) is 2. The molecule has 0 aliphatic rings. The zero-order valence-electron chi connectivity index (χ0n) is 21.2. The van der Waals surface area contributed by atoms with Crippen LogP contribution in [0.3, 0.4) is 0 Å². The minimum Gasteiger partial charge on any atom is -0.395 e. The zero-order chi connectivity index (χ0) is 27.3. The number of nitrogens with zero attached hydrogens (tertiary/aromatic N) is 3. The minimum absolute atomic E-state index is 0.0528. The molecule has 1 heterocycles. The molecule has 0 spiro atoms. The van der Waals surface area contributed by atoms with Crippen LogP contribution < -0.4 is 26.6 Å². The van der Waals surface area contributed by atoms with Crippen molar-refractivity contribution in [2.75, 3.05) is 36.2 Å². The summed E-state index contributed by atoms with van der Waals surface area (Å²) in [5, 5.41) is 2.92. The van der Waals surface area contributed by atoms with E-state index in [1.54, 1.807) is 12.1 Å². The predicted molar refractivity (Wildman–Crippen MR) is 144 cm³/mol. The topological polar surface area (TPSA) is 135 Å². The number of halogens is 1. The molecule has 0 fully saturated rings. The summed E-state index contributed by atoms with van der Waals surface area (Å²) in [5.41, 5.74) is 12.7. The Morgan fingerprint density at radius 2 is 1.62 bits per heavy atom. The van der Waals surface area contributed by atoms with Crippen LogP contribution in [0, 0.1) is 11.7 Å². The average molecular weight is 527 g/mol. The Morgan fingerprint density at radius 1 is 1.03 bits per heavy atom. The molecule has 2 aromatic carbocycles. The molecule has 1 aromatic heterocycles. The third-order valence-corrected chi connectivity index (χ3v) is 6.58. The number of nitrogens with one attached hydrogen (secondary N) is 1. The quantitative estimate of drug-likeness (QED) is 0.370. The van der Waals surface area contributed by atoms with Crippen LogP contribution in [0.1, 0.15) is 52.0 Å². The number of hydrogen-bond acceptors (Lipinski definition) is 7. The molecule has 0 aliphatic heterocycles. The Bertz CT molecular complexity index is 1260. The Morgan fingerprint density at radius 3 is 2.14 bits per heavy atom. The van der Waals surface area contributed by atoms with Crippen molar-refractivity contribution >= 4 is 46.3 Å². The highest BCUT2D eigenvalue weighted by molar-refractivity contribution is 7.09. The molecular weight excluding hydrogens is 495 g/mol. The van der Waals surface area contributed by atoms with Gasteiger partial charge in [-0.15, -0.1) is 0 Å². The first-order valence-corrected chi connectivity index (χ1v) is 12.5. The molecule has 0 aliphatic carbocycles. The maximum Gasteiger partial charge on any atom is 0.273 e. The summed E-state index contributed by atoms with van der Waals surface area (Å²) in [5.74, 6) is -2.11. The standard InChI is InChI=1S/C26H31FN6O3S/c1-15(2)13-14-30-25(35)22(16-5-9-18(10-6-16)32(3)4)33(19-11-7-17(27)8-12-19)26(36)23-20(28)21(24(29)34)31-37-23/h5-12,15,22H,13-14,28H2,1-4H3,(H2,29,34)(H,30,35). The number of anilines is 3. The first-order valence-electron chi connectivity index (χ1n) is 11.7. The van der Waals surface area contributed by atoms with Crippen LogP contribution in [0.5, 0.6) is 0 Å². The Hall–Kier alpha value is -3.99. The Labute approximate surface area is 219 Å². The molecule has 3 aromatic rings. The molecule has 0 saturated heterocycles. The minimum atomic E-state index is -1.13. The Kier molecular flexibility index (Phi) is 8.82. The van der Waals surface area contributed by atoms with Crippen LogP contribution in [0.2, 0.25) is 0 Å². The second-order valence-electron chi connectivity index (χ2n) is 9.15. The number of hydrogen-bond donors (Lipinski definition) is 3. The van der Waals surface area contributed by atoms with Crippen molar-refractivity contribution in [1.29, 1.82) is 0 Å². The normalized spacial score (nSPS) is 11.7. The van der Waals surface area contributed by atoms with E-state index in [-0.39, 0.29) is 21.9 Å². The predicted octanol–water partition coefficient (Wildman–Crippen LogP) is 3.58. The number of nitrogen functional groups attached to an aromatic ring is 1. The molecule has 3 rings (SSSR count). The highest BCUT2D eigenvalue weighted by atomic mass is 32.1. The summed E-state index contributed by atoms with van der Waals surface area (Å²) in [6, 6.07) is 11.3. The molecule has 1 atom stereocenters. The van der Waals surface area contributed by atoms with Gasteiger partial charge in [-0.2, -0.15) is 4.37 Å². The second-order valence-corrected chi connectivity index (χ2v) is 9.93. The SMILES string of the molecule is CC(C)CCNC(=O)C(c1ccc(N(C)C)cc1)N(C(=O)c1snc(C(N)=O)c1N)c1ccc(F)cc1. The summed E-state index contributed by atoms with van der Waals surface area (Å²) in [6.45, 7) is 4.49. The summed E-state index contributed by atoms with van der Waals surface area (Å²) in [6.07, 6.45) is 0.742. The summed E-state index contributed by atoms with van der Waals surface area (Å²) in [7, 11) is 3.78. The van der Waals surface area contributed by atoms with E-state index in [0.29, 0.717) is 29.6 Å². The van der Waals surface area contributed by atoms with Crippen molar-refractivity contribution in [2.45, 2.75) is 26.3 Å². The molecule has 196 valence electrons. The highest BCUT2D eigenvalue weighted by Gasteiger charge is 2.36. The van der Waals surface area contributed by atoms with E-state index in [9.17, 15) is 18.8 Å². The van der Waals surface area contributed by atoms with E-state index in [0.717, 1.165) is 12.1 Å². The van der Waals surface area contributed by atoms with Gasteiger partial charge < -0.3 is 21.7 Å². The number of primary amides is 1. The lowest BCUT2D eigenvalue weighted by Gasteiger charge is -2.31. The molecule has 11 heteroatoms. The van der Waals surface area contributed by atoms with Gasteiger partial charge in [0, 0.05) is 32.0 Å². The maximum atomic E-state index is 13.9. The molecule has 37 heavy (non-hydrogen) atoms. The van der Waals surface area contributed by atoms with Gasteiger partial charge in [-0.1, -0.05) is 26.0 Å². The summed E-state index contributed by atoms with van der Waals surface area (Å²) >= 11 is 0.712. The summed E-state index contributed by atoms with van der Waals surface area (Å²) in [4.78, 5) is 42.4. The van der Waals surface area contributed by atoms with Crippen molar-refractivity contribution in [1.82, 2.24) is 9.69 Å². The fourth-order valence-electron chi connectivity index (χ4n) is 3.68. The molecule has 0 saturated carbocycles. The van der Waals surface area contributed by atoms with Gasteiger partial charge in [0.15, 0.2) is 5.69 Å². The molecule has 3 amide bonds. The number of rotatable bonds is 10. The fourth-order valence-corrected chi connectivity index (χ4v) is 4.42. The van der Waals surface area contributed by atoms with Crippen LogP contribution in [0.25, 0.3) is 0 Å². The van der Waals surface area contributed by atoms with Gasteiger partial charge in [0.2, 0.25) is 5.91 Å². The molecule has 1 unspecified atom stereocenters.